The van der Waals surface area contributed by atoms with Crippen LogP contribution >= 0.6 is 0 Å². The highest BCUT2D eigenvalue weighted by Crippen LogP contribution is 2.20. The Hall–Kier alpha value is -0.900. The van der Waals surface area contributed by atoms with Gasteiger partial charge in [0, 0.05) is 26.1 Å². The summed E-state index contributed by atoms with van der Waals surface area (Å²) in [5.74, 6) is 0.142. The lowest BCUT2D eigenvalue weighted by atomic mass is 10.1. The molecule has 4 heteroatoms. The predicted octanol–water partition coefficient (Wildman–Crippen LogP) is 0.603. The molecular weight excluding hydrogens is 182 g/mol. The minimum atomic E-state index is -0.00347. The zero-order chi connectivity index (χ0) is 10.6. The SMILES string of the molecule is COCC(=O)N1CCCC1CC(C)=O. The molecule has 0 aromatic carbocycles. The molecule has 0 aromatic rings. The Morgan fingerprint density at radius 3 is 2.79 bits per heavy atom. The van der Waals surface area contributed by atoms with E-state index < -0.39 is 0 Å². The van der Waals surface area contributed by atoms with Crippen LogP contribution in [0.1, 0.15) is 26.2 Å². The third kappa shape index (κ3) is 2.80. The highest BCUT2D eigenvalue weighted by atomic mass is 16.5. The summed E-state index contributed by atoms with van der Waals surface area (Å²) in [7, 11) is 1.51. The first-order valence-electron chi connectivity index (χ1n) is 4.93. The van der Waals surface area contributed by atoms with Crippen LogP contribution in [0.25, 0.3) is 0 Å². The zero-order valence-electron chi connectivity index (χ0n) is 8.78. The average Bonchev–Trinajstić information content (AvgIpc) is 2.51. The second-order valence-electron chi connectivity index (χ2n) is 3.72. The third-order valence-corrected chi connectivity index (χ3v) is 2.49. The summed E-state index contributed by atoms with van der Waals surface area (Å²) in [6.07, 6.45) is 2.41. The number of ether oxygens (including phenoxy) is 1. The molecule has 0 N–H and O–H groups in total. The molecule has 1 saturated heterocycles. The monoisotopic (exact) mass is 199 g/mol. The largest absolute Gasteiger partial charge is 0.375 e. The number of Topliss-reactive ketones (excluding diaryl/α,β-unsaturated/α-hetero) is 1. The van der Waals surface area contributed by atoms with Crippen LogP contribution in [-0.2, 0) is 14.3 Å². The van der Waals surface area contributed by atoms with E-state index in [2.05, 4.69) is 0 Å². The summed E-state index contributed by atoms with van der Waals surface area (Å²) in [4.78, 5) is 24.3. The van der Waals surface area contributed by atoms with Gasteiger partial charge in [-0.3, -0.25) is 9.59 Å². The Balaban J connectivity index is 2.50. The van der Waals surface area contributed by atoms with E-state index in [9.17, 15) is 9.59 Å². The van der Waals surface area contributed by atoms with Crippen LogP contribution < -0.4 is 0 Å². The number of rotatable bonds is 4. The standard InChI is InChI=1S/C10H17NO3/c1-8(12)6-9-4-3-5-11(9)10(13)7-14-2/h9H,3-7H2,1-2H3. The number of methoxy groups -OCH3 is 1. The smallest absolute Gasteiger partial charge is 0.248 e. The number of amides is 1. The molecule has 80 valence electrons. The van der Waals surface area contributed by atoms with Gasteiger partial charge < -0.3 is 9.64 Å². The minimum Gasteiger partial charge on any atom is -0.375 e. The van der Waals surface area contributed by atoms with Crippen LogP contribution in [0.3, 0.4) is 0 Å². The molecule has 1 heterocycles. The van der Waals surface area contributed by atoms with Gasteiger partial charge in [0.25, 0.3) is 0 Å². The van der Waals surface area contributed by atoms with Gasteiger partial charge in [-0.15, -0.1) is 0 Å². The Morgan fingerprint density at radius 1 is 1.50 bits per heavy atom. The fourth-order valence-corrected chi connectivity index (χ4v) is 1.91. The fraction of sp³-hybridized carbons (Fsp3) is 0.800. The quantitative estimate of drug-likeness (QED) is 0.666. The number of hydrogen-bond acceptors (Lipinski definition) is 3. The number of carbonyl (C=O) groups excluding carboxylic acids is 2. The van der Waals surface area contributed by atoms with E-state index >= 15 is 0 Å². The summed E-state index contributed by atoms with van der Waals surface area (Å²) in [5.41, 5.74) is 0. The average molecular weight is 199 g/mol. The third-order valence-electron chi connectivity index (χ3n) is 2.49. The van der Waals surface area contributed by atoms with Gasteiger partial charge in [0.2, 0.25) is 5.91 Å². The maximum absolute atomic E-state index is 11.5. The van der Waals surface area contributed by atoms with Crippen LogP contribution in [0.2, 0.25) is 0 Å². The van der Waals surface area contributed by atoms with Crippen molar-refractivity contribution in [1.82, 2.24) is 4.90 Å². The second kappa shape index (κ2) is 5.10. The Morgan fingerprint density at radius 2 is 2.21 bits per heavy atom. The highest BCUT2D eigenvalue weighted by Gasteiger charge is 2.28. The number of carbonyl (C=O) groups is 2. The lowest BCUT2D eigenvalue weighted by Crippen LogP contribution is -2.38. The molecule has 14 heavy (non-hydrogen) atoms. The molecule has 4 nitrogen and oxygen atoms in total. The zero-order valence-corrected chi connectivity index (χ0v) is 8.78. The fourth-order valence-electron chi connectivity index (χ4n) is 1.91. The first-order chi connectivity index (χ1) is 6.65. The molecule has 1 atom stereocenters. The van der Waals surface area contributed by atoms with Crippen LogP contribution in [0.4, 0.5) is 0 Å². The molecular formula is C10H17NO3. The maximum atomic E-state index is 11.5. The van der Waals surface area contributed by atoms with Gasteiger partial charge in [-0.1, -0.05) is 0 Å². The minimum absolute atomic E-state index is 0.00347. The van der Waals surface area contributed by atoms with Gasteiger partial charge in [-0.05, 0) is 19.8 Å². The lowest BCUT2D eigenvalue weighted by molar-refractivity contribution is -0.136. The van der Waals surface area contributed by atoms with Crippen LogP contribution in [0.5, 0.6) is 0 Å². The molecule has 0 radical (unpaired) electrons. The molecule has 1 amide bonds. The molecule has 1 fully saturated rings. The van der Waals surface area contributed by atoms with Crippen molar-refractivity contribution >= 4 is 11.7 Å². The molecule has 1 unspecified atom stereocenters. The van der Waals surface area contributed by atoms with Crippen molar-refractivity contribution in [3.63, 3.8) is 0 Å². The molecule has 0 spiro atoms. The van der Waals surface area contributed by atoms with E-state index in [0.717, 1.165) is 19.4 Å². The molecule has 0 saturated carbocycles. The second-order valence-corrected chi connectivity index (χ2v) is 3.72. The van der Waals surface area contributed by atoms with E-state index in [1.54, 1.807) is 11.8 Å². The lowest BCUT2D eigenvalue weighted by Gasteiger charge is -2.23. The van der Waals surface area contributed by atoms with E-state index in [0.29, 0.717) is 6.42 Å². The maximum Gasteiger partial charge on any atom is 0.248 e. The van der Waals surface area contributed by atoms with Gasteiger partial charge in [-0.25, -0.2) is 0 Å². The van der Waals surface area contributed by atoms with Gasteiger partial charge >= 0.3 is 0 Å². The van der Waals surface area contributed by atoms with Crippen LogP contribution in [0.15, 0.2) is 0 Å². The molecule has 0 aliphatic carbocycles. The Kier molecular flexibility index (Phi) is 4.07. The molecule has 0 aromatic heterocycles. The van der Waals surface area contributed by atoms with Crippen molar-refractivity contribution in [2.75, 3.05) is 20.3 Å². The summed E-state index contributed by atoms with van der Waals surface area (Å²) < 4.78 is 4.79. The number of nitrogens with zero attached hydrogens (tertiary/aromatic N) is 1. The normalized spacial score (nSPS) is 21.3. The molecule has 1 aliphatic rings. The summed E-state index contributed by atoms with van der Waals surface area (Å²) >= 11 is 0. The van der Waals surface area contributed by atoms with E-state index in [1.165, 1.54) is 7.11 Å². The van der Waals surface area contributed by atoms with E-state index in [-0.39, 0.29) is 24.3 Å². The first-order valence-corrected chi connectivity index (χ1v) is 4.93. The van der Waals surface area contributed by atoms with E-state index in [1.807, 2.05) is 0 Å². The Bertz CT molecular complexity index is 227. The summed E-state index contributed by atoms with van der Waals surface area (Å²) in [6, 6.07) is 0.107. The number of hydrogen-bond donors (Lipinski definition) is 0. The van der Waals surface area contributed by atoms with Crippen LogP contribution in [-0.4, -0.2) is 42.9 Å². The van der Waals surface area contributed by atoms with Gasteiger partial charge in [0.15, 0.2) is 0 Å². The van der Waals surface area contributed by atoms with Crippen molar-refractivity contribution in [2.45, 2.75) is 32.2 Å². The van der Waals surface area contributed by atoms with Crippen molar-refractivity contribution in [3.05, 3.63) is 0 Å². The highest BCUT2D eigenvalue weighted by molar-refractivity contribution is 5.80. The van der Waals surface area contributed by atoms with Crippen LogP contribution in [0, 0.1) is 0 Å². The number of ketones is 1. The van der Waals surface area contributed by atoms with Gasteiger partial charge in [-0.2, -0.15) is 0 Å². The van der Waals surface area contributed by atoms with Crippen molar-refractivity contribution in [2.24, 2.45) is 0 Å². The van der Waals surface area contributed by atoms with Crippen molar-refractivity contribution in [1.29, 1.82) is 0 Å². The van der Waals surface area contributed by atoms with E-state index in [4.69, 9.17) is 4.74 Å². The molecule has 1 rings (SSSR count). The number of likely N-dealkylation sites (tertiary alicyclic amines) is 1. The molecule has 0 bridgehead atoms. The van der Waals surface area contributed by atoms with Crippen molar-refractivity contribution in [3.8, 4) is 0 Å². The Labute approximate surface area is 84.2 Å². The summed E-state index contributed by atoms with van der Waals surface area (Å²) in [5, 5.41) is 0. The summed E-state index contributed by atoms with van der Waals surface area (Å²) in [6.45, 7) is 2.45. The van der Waals surface area contributed by atoms with Gasteiger partial charge in [0.05, 0.1) is 0 Å². The topological polar surface area (TPSA) is 46.6 Å². The molecule has 1 aliphatic heterocycles. The van der Waals surface area contributed by atoms with Crippen molar-refractivity contribution < 1.29 is 14.3 Å². The first kappa shape index (κ1) is 11.2. The van der Waals surface area contributed by atoms with Gasteiger partial charge in [0.1, 0.15) is 12.4 Å². The predicted molar refractivity (Wildman–Crippen MR) is 51.9 cm³/mol.